The summed E-state index contributed by atoms with van der Waals surface area (Å²) in [6.07, 6.45) is 6.06. The number of aliphatic imine (C=N–C) groups is 1. The van der Waals surface area contributed by atoms with Gasteiger partial charge in [-0.1, -0.05) is 0 Å². The van der Waals surface area contributed by atoms with Crippen molar-refractivity contribution >= 4 is 5.96 Å². The highest BCUT2D eigenvalue weighted by molar-refractivity contribution is 5.79. The number of nitrogens with one attached hydrogen (secondary N) is 2. The number of aryl methyl sites for hydroxylation is 2. The normalized spacial score (nSPS) is 14.4. The van der Waals surface area contributed by atoms with Gasteiger partial charge in [-0.3, -0.25) is 9.56 Å². The van der Waals surface area contributed by atoms with E-state index >= 15 is 0 Å². The molecule has 142 valence electrons. The Morgan fingerprint density at radius 1 is 1.24 bits per heavy atom. The van der Waals surface area contributed by atoms with Gasteiger partial charge in [0.15, 0.2) is 5.96 Å². The van der Waals surface area contributed by atoms with E-state index in [0.29, 0.717) is 6.54 Å². The van der Waals surface area contributed by atoms with Gasteiger partial charge >= 0.3 is 5.69 Å². The molecular weight excluding hydrogens is 320 g/mol. The lowest BCUT2D eigenvalue weighted by Gasteiger charge is -2.11. The average Bonchev–Trinajstić information content (AvgIpc) is 2.96. The second kappa shape index (κ2) is 10.9. The highest BCUT2D eigenvalue weighted by atomic mass is 16.5. The maximum Gasteiger partial charge on any atom is 0.345 e. The molecule has 25 heavy (non-hydrogen) atoms. The fraction of sp³-hybridized carbons (Fsp3) is 0.824. The molecule has 1 aromatic heterocycles. The smallest absolute Gasteiger partial charge is 0.345 e. The number of ether oxygens (including phenoxy) is 1. The monoisotopic (exact) mass is 352 g/mol. The maximum absolute atomic E-state index is 12.2. The van der Waals surface area contributed by atoms with Crippen molar-refractivity contribution in [2.75, 3.05) is 33.4 Å². The van der Waals surface area contributed by atoms with E-state index in [9.17, 15) is 4.79 Å². The van der Waals surface area contributed by atoms with E-state index in [0.717, 1.165) is 83.2 Å². The van der Waals surface area contributed by atoms with Crippen molar-refractivity contribution in [3.8, 4) is 0 Å². The molecule has 2 rings (SSSR count). The number of rotatable bonds is 10. The van der Waals surface area contributed by atoms with Crippen LogP contribution in [0.15, 0.2) is 9.79 Å². The molecule has 2 N–H and O–H groups in total. The molecule has 0 aromatic carbocycles. The Kier molecular flexibility index (Phi) is 8.51. The fourth-order valence-corrected chi connectivity index (χ4v) is 2.93. The van der Waals surface area contributed by atoms with Crippen LogP contribution in [0.3, 0.4) is 0 Å². The van der Waals surface area contributed by atoms with Crippen LogP contribution in [0.1, 0.15) is 44.9 Å². The molecule has 1 aliphatic heterocycles. The molecule has 8 nitrogen and oxygen atoms in total. The Hall–Kier alpha value is -1.83. The standard InChI is InChI=1S/C17H32N6O2/c1-3-25-14-7-5-10-19-16(18-2)20-11-8-13-23-17(24)22-12-6-4-9-15(22)21-23/h3-14H2,1-2H3,(H2,18,19,20). The molecule has 2 heterocycles. The van der Waals surface area contributed by atoms with Gasteiger partial charge in [-0.2, -0.15) is 5.10 Å². The number of hydrogen-bond acceptors (Lipinski definition) is 4. The van der Waals surface area contributed by atoms with Crippen molar-refractivity contribution in [1.29, 1.82) is 0 Å². The quantitative estimate of drug-likeness (QED) is 0.369. The Morgan fingerprint density at radius 2 is 2.04 bits per heavy atom. The molecule has 0 saturated heterocycles. The van der Waals surface area contributed by atoms with Crippen LogP contribution in [0, 0.1) is 0 Å². The second-order valence-corrected chi connectivity index (χ2v) is 6.21. The lowest BCUT2D eigenvalue weighted by atomic mass is 10.2. The first kappa shape index (κ1) is 19.5. The first-order valence-corrected chi connectivity index (χ1v) is 9.45. The van der Waals surface area contributed by atoms with Gasteiger partial charge in [0.2, 0.25) is 0 Å². The highest BCUT2D eigenvalue weighted by Gasteiger charge is 2.16. The SMILES string of the molecule is CCOCCCCNC(=NC)NCCCn1nc2n(c1=O)CCCC2. The minimum atomic E-state index is 0.0338. The number of hydrogen-bond donors (Lipinski definition) is 2. The third kappa shape index (κ3) is 6.19. The molecule has 8 heteroatoms. The molecule has 0 fully saturated rings. The molecule has 1 aromatic rings. The Labute approximate surface area is 149 Å². The summed E-state index contributed by atoms with van der Waals surface area (Å²) < 4.78 is 8.74. The average molecular weight is 352 g/mol. The minimum absolute atomic E-state index is 0.0338. The van der Waals surface area contributed by atoms with Gasteiger partial charge in [0.05, 0.1) is 0 Å². The lowest BCUT2D eigenvalue weighted by molar-refractivity contribution is 0.143. The lowest BCUT2D eigenvalue weighted by Crippen LogP contribution is -2.38. The van der Waals surface area contributed by atoms with Crippen LogP contribution >= 0.6 is 0 Å². The number of guanidine groups is 1. The number of aromatic nitrogens is 3. The molecule has 1 aliphatic rings. The summed E-state index contributed by atoms with van der Waals surface area (Å²) in [7, 11) is 1.77. The minimum Gasteiger partial charge on any atom is -0.382 e. The van der Waals surface area contributed by atoms with Crippen LogP contribution in [-0.4, -0.2) is 53.7 Å². The Bertz CT molecular complexity index is 592. The van der Waals surface area contributed by atoms with E-state index < -0.39 is 0 Å². The van der Waals surface area contributed by atoms with Crippen molar-refractivity contribution in [2.24, 2.45) is 4.99 Å². The zero-order valence-corrected chi connectivity index (χ0v) is 15.6. The summed E-state index contributed by atoms with van der Waals surface area (Å²) in [6, 6.07) is 0. The van der Waals surface area contributed by atoms with E-state index in [1.165, 1.54) is 0 Å². The van der Waals surface area contributed by atoms with Crippen LogP contribution in [0.5, 0.6) is 0 Å². The number of fused-ring (bicyclic) bond motifs is 1. The van der Waals surface area contributed by atoms with E-state index in [-0.39, 0.29) is 5.69 Å². The molecule has 0 spiro atoms. The van der Waals surface area contributed by atoms with Crippen molar-refractivity contribution in [1.82, 2.24) is 25.0 Å². The molecule has 0 amide bonds. The van der Waals surface area contributed by atoms with E-state index in [1.54, 1.807) is 11.7 Å². The molecule has 0 aliphatic carbocycles. The summed E-state index contributed by atoms with van der Waals surface area (Å²) in [4.78, 5) is 16.5. The van der Waals surface area contributed by atoms with Crippen molar-refractivity contribution in [3.63, 3.8) is 0 Å². The van der Waals surface area contributed by atoms with Gasteiger partial charge in [0.25, 0.3) is 0 Å². The third-order valence-electron chi connectivity index (χ3n) is 4.31. The molecule has 0 unspecified atom stereocenters. The molecule has 0 atom stereocenters. The predicted molar refractivity (Wildman–Crippen MR) is 99.1 cm³/mol. The molecule has 0 bridgehead atoms. The van der Waals surface area contributed by atoms with Crippen LogP contribution in [-0.2, 0) is 24.2 Å². The summed E-state index contributed by atoms with van der Waals surface area (Å²) in [5.74, 6) is 1.74. The Morgan fingerprint density at radius 3 is 2.76 bits per heavy atom. The van der Waals surface area contributed by atoms with E-state index in [2.05, 4.69) is 20.7 Å². The van der Waals surface area contributed by atoms with Crippen molar-refractivity contribution < 1.29 is 4.74 Å². The maximum atomic E-state index is 12.2. The largest absolute Gasteiger partial charge is 0.382 e. The molecular formula is C17H32N6O2. The van der Waals surface area contributed by atoms with Gasteiger partial charge in [0.1, 0.15) is 5.82 Å². The van der Waals surface area contributed by atoms with Gasteiger partial charge < -0.3 is 15.4 Å². The number of unbranched alkanes of at least 4 members (excludes halogenated alkanes) is 1. The topological polar surface area (TPSA) is 85.5 Å². The summed E-state index contributed by atoms with van der Waals surface area (Å²) in [5, 5.41) is 11.0. The summed E-state index contributed by atoms with van der Waals surface area (Å²) in [6.45, 7) is 6.68. The van der Waals surface area contributed by atoms with Crippen molar-refractivity contribution in [3.05, 3.63) is 16.3 Å². The van der Waals surface area contributed by atoms with Gasteiger partial charge in [-0.05, 0) is 39.0 Å². The van der Waals surface area contributed by atoms with E-state index in [1.807, 2.05) is 11.5 Å². The van der Waals surface area contributed by atoms with Crippen molar-refractivity contribution in [2.45, 2.75) is 58.5 Å². The molecule has 0 radical (unpaired) electrons. The van der Waals surface area contributed by atoms with E-state index in [4.69, 9.17) is 4.74 Å². The predicted octanol–water partition coefficient (Wildman–Crippen LogP) is 0.753. The summed E-state index contributed by atoms with van der Waals surface area (Å²) >= 11 is 0. The number of nitrogens with zero attached hydrogens (tertiary/aromatic N) is 4. The first-order chi connectivity index (χ1) is 12.3. The van der Waals surface area contributed by atoms with Crippen LogP contribution in [0.4, 0.5) is 0 Å². The zero-order chi connectivity index (χ0) is 17.9. The second-order valence-electron chi connectivity index (χ2n) is 6.21. The van der Waals surface area contributed by atoms with Gasteiger partial charge in [-0.25, -0.2) is 9.48 Å². The van der Waals surface area contributed by atoms with Crippen LogP contribution < -0.4 is 16.3 Å². The van der Waals surface area contributed by atoms with Crippen LogP contribution in [0.25, 0.3) is 0 Å². The van der Waals surface area contributed by atoms with Crippen LogP contribution in [0.2, 0.25) is 0 Å². The fourth-order valence-electron chi connectivity index (χ4n) is 2.93. The highest BCUT2D eigenvalue weighted by Crippen LogP contribution is 2.09. The Balaban J connectivity index is 1.63. The van der Waals surface area contributed by atoms with Gasteiger partial charge in [-0.15, -0.1) is 0 Å². The summed E-state index contributed by atoms with van der Waals surface area (Å²) in [5.41, 5.74) is 0.0338. The molecule has 0 saturated carbocycles. The van der Waals surface area contributed by atoms with Gasteiger partial charge in [0, 0.05) is 52.9 Å². The third-order valence-corrected chi connectivity index (χ3v) is 4.31. The first-order valence-electron chi connectivity index (χ1n) is 9.45. The zero-order valence-electron chi connectivity index (χ0n) is 15.6.